The van der Waals surface area contributed by atoms with Crippen molar-refractivity contribution in [1.82, 2.24) is 10.8 Å². The minimum Gasteiger partial charge on any atom is -0.444 e. The topological polar surface area (TPSA) is 72.0 Å². The molecule has 0 spiro atoms. The van der Waals surface area contributed by atoms with Crippen LogP contribution in [-0.4, -0.2) is 30.3 Å². The lowest BCUT2D eigenvalue weighted by Crippen LogP contribution is -2.49. The van der Waals surface area contributed by atoms with Crippen molar-refractivity contribution in [3.05, 3.63) is 0 Å². The van der Waals surface area contributed by atoms with Gasteiger partial charge in [-0.05, 0) is 26.7 Å². The fourth-order valence-corrected chi connectivity index (χ4v) is 1.39. The van der Waals surface area contributed by atoms with Crippen LogP contribution in [0.2, 0.25) is 0 Å². The average Bonchev–Trinajstić information content (AvgIpc) is 2.63. The van der Waals surface area contributed by atoms with Crippen LogP contribution in [0.25, 0.3) is 0 Å². The van der Waals surface area contributed by atoms with E-state index in [4.69, 9.17) is 9.57 Å². The van der Waals surface area contributed by atoms with Gasteiger partial charge in [0, 0.05) is 0 Å². The molecule has 0 saturated carbocycles. The number of alkyl carbamates (subject to hydrolysis) is 1. The summed E-state index contributed by atoms with van der Waals surface area (Å²) < 4.78 is 5.20. The minimum atomic E-state index is -0.507. The number of nitrogens with one attached hydrogen (secondary N) is 2. The van der Waals surface area contributed by atoms with Crippen LogP contribution in [0.15, 0.2) is 4.99 Å². The van der Waals surface area contributed by atoms with Gasteiger partial charge in [-0.25, -0.2) is 15.3 Å². The number of aliphatic imine (C=N–C) groups is 1. The van der Waals surface area contributed by atoms with Crippen molar-refractivity contribution >= 4 is 11.9 Å². The van der Waals surface area contributed by atoms with Gasteiger partial charge in [-0.3, -0.25) is 4.84 Å². The van der Waals surface area contributed by atoms with Crippen molar-refractivity contribution in [3.8, 4) is 0 Å². The van der Waals surface area contributed by atoms with Gasteiger partial charge in [0.15, 0.2) is 6.73 Å². The molecule has 1 heterocycles. The van der Waals surface area contributed by atoms with E-state index < -0.39 is 11.7 Å². The monoisotopic (exact) mass is 243 g/mol. The molecule has 0 bridgehead atoms. The zero-order valence-electron chi connectivity index (χ0n) is 11.0. The van der Waals surface area contributed by atoms with Crippen molar-refractivity contribution in [2.45, 2.75) is 46.3 Å². The van der Waals surface area contributed by atoms with Gasteiger partial charge in [0.2, 0.25) is 0 Å². The average molecular weight is 243 g/mol. The van der Waals surface area contributed by atoms with E-state index >= 15 is 0 Å². The van der Waals surface area contributed by atoms with Crippen LogP contribution in [0.3, 0.4) is 0 Å². The predicted molar refractivity (Wildman–Crippen MR) is 64.5 cm³/mol. The van der Waals surface area contributed by atoms with Crippen LogP contribution in [0.5, 0.6) is 0 Å². The van der Waals surface area contributed by atoms with E-state index in [0.717, 1.165) is 0 Å². The predicted octanol–water partition coefficient (Wildman–Crippen LogP) is 1.43. The maximum absolute atomic E-state index is 11.7. The Morgan fingerprint density at radius 2 is 2.18 bits per heavy atom. The largest absolute Gasteiger partial charge is 0.444 e. The number of nitrogens with zero attached hydrogens (tertiary/aromatic N) is 1. The molecule has 1 rings (SSSR count). The molecular weight excluding hydrogens is 222 g/mol. The third kappa shape index (κ3) is 4.60. The standard InChI is InChI=1S/C11H21N3O3/c1-7(2)8(9-12-6-16-14-9)13-10(15)17-11(3,4)5/h7-8H,6H2,1-5H3,(H,12,14)(H,13,15). The molecule has 98 valence electrons. The number of hydroxylamine groups is 1. The summed E-state index contributed by atoms with van der Waals surface area (Å²) in [7, 11) is 0. The number of amidine groups is 1. The van der Waals surface area contributed by atoms with Gasteiger partial charge in [0.05, 0.1) is 6.04 Å². The summed E-state index contributed by atoms with van der Waals surface area (Å²) in [6.07, 6.45) is -0.451. The maximum Gasteiger partial charge on any atom is 0.408 e. The fraction of sp³-hybridized carbons (Fsp3) is 0.818. The SMILES string of the molecule is CC(C)C(NC(=O)OC(C)(C)C)C1=NCON1. The maximum atomic E-state index is 11.7. The second-order valence-corrected chi connectivity index (χ2v) is 5.29. The number of hydrogen-bond donors (Lipinski definition) is 2. The molecule has 0 aromatic carbocycles. The Kier molecular flexibility index (Phi) is 4.34. The smallest absolute Gasteiger partial charge is 0.408 e. The van der Waals surface area contributed by atoms with E-state index in [1.165, 1.54) is 0 Å². The van der Waals surface area contributed by atoms with Crippen molar-refractivity contribution in [1.29, 1.82) is 0 Å². The molecule has 6 nitrogen and oxygen atoms in total. The fourth-order valence-electron chi connectivity index (χ4n) is 1.39. The minimum absolute atomic E-state index is 0.190. The van der Waals surface area contributed by atoms with E-state index in [0.29, 0.717) is 5.84 Å². The molecule has 0 fully saturated rings. The molecule has 6 heteroatoms. The van der Waals surface area contributed by atoms with Gasteiger partial charge in [-0.2, -0.15) is 0 Å². The Morgan fingerprint density at radius 3 is 2.59 bits per heavy atom. The molecule has 0 radical (unpaired) electrons. The van der Waals surface area contributed by atoms with Crippen molar-refractivity contribution in [2.24, 2.45) is 10.9 Å². The third-order valence-electron chi connectivity index (χ3n) is 2.11. The molecule has 1 aliphatic rings. The summed E-state index contributed by atoms with van der Waals surface area (Å²) in [6.45, 7) is 9.73. The van der Waals surface area contributed by atoms with Crippen LogP contribution in [-0.2, 0) is 9.57 Å². The van der Waals surface area contributed by atoms with E-state index in [2.05, 4.69) is 15.8 Å². The number of amides is 1. The summed E-state index contributed by atoms with van der Waals surface area (Å²) in [4.78, 5) is 20.7. The molecule has 0 aromatic heterocycles. The number of hydrogen-bond acceptors (Lipinski definition) is 5. The summed E-state index contributed by atoms with van der Waals surface area (Å²) in [5.41, 5.74) is 2.18. The Labute approximate surface area is 102 Å². The number of rotatable bonds is 3. The second-order valence-electron chi connectivity index (χ2n) is 5.29. The van der Waals surface area contributed by atoms with E-state index in [1.54, 1.807) is 0 Å². The van der Waals surface area contributed by atoms with Crippen molar-refractivity contribution in [3.63, 3.8) is 0 Å². The Bertz CT molecular complexity index is 308. The van der Waals surface area contributed by atoms with Crippen LogP contribution in [0.1, 0.15) is 34.6 Å². The zero-order chi connectivity index (χ0) is 13.1. The molecule has 1 atom stereocenters. The number of ether oxygens (including phenoxy) is 1. The Balaban J connectivity index is 2.58. The van der Waals surface area contributed by atoms with Crippen LogP contribution >= 0.6 is 0 Å². The molecule has 0 aliphatic carbocycles. The van der Waals surface area contributed by atoms with Crippen molar-refractivity contribution < 1.29 is 14.4 Å². The summed E-state index contributed by atoms with van der Waals surface area (Å²) in [5.74, 6) is 0.821. The first kappa shape index (κ1) is 13.8. The Morgan fingerprint density at radius 1 is 1.53 bits per heavy atom. The van der Waals surface area contributed by atoms with Crippen LogP contribution in [0.4, 0.5) is 4.79 Å². The molecule has 0 saturated heterocycles. The van der Waals surface area contributed by atoms with Gasteiger partial charge >= 0.3 is 6.09 Å². The van der Waals surface area contributed by atoms with Gasteiger partial charge in [-0.1, -0.05) is 13.8 Å². The first-order valence-corrected chi connectivity index (χ1v) is 5.71. The summed E-state index contributed by atoms with van der Waals surface area (Å²) in [6, 6.07) is -0.229. The highest BCUT2D eigenvalue weighted by Crippen LogP contribution is 2.10. The van der Waals surface area contributed by atoms with Gasteiger partial charge < -0.3 is 10.1 Å². The summed E-state index contributed by atoms with van der Waals surface area (Å²) >= 11 is 0. The molecule has 2 N–H and O–H groups in total. The second kappa shape index (κ2) is 5.35. The quantitative estimate of drug-likeness (QED) is 0.786. The first-order chi connectivity index (χ1) is 7.79. The number of carbonyl (C=O) groups excluding carboxylic acids is 1. The van der Waals surface area contributed by atoms with E-state index in [-0.39, 0.29) is 18.7 Å². The van der Waals surface area contributed by atoms with Crippen molar-refractivity contribution in [2.75, 3.05) is 6.73 Å². The lowest BCUT2D eigenvalue weighted by Gasteiger charge is -2.25. The highest BCUT2D eigenvalue weighted by atomic mass is 16.7. The zero-order valence-corrected chi connectivity index (χ0v) is 11.0. The highest BCUT2D eigenvalue weighted by Gasteiger charge is 2.26. The lowest BCUT2D eigenvalue weighted by molar-refractivity contribution is 0.0504. The molecule has 1 unspecified atom stereocenters. The van der Waals surface area contributed by atoms with Gasteiger partial charge in [0.1, 0.15) is 11.4 Å². The molecular formula is C11H21N3O3. The molecule has 0 aromatic rings. The lowest BCUT2D eigenvalue weighted by atomic mass is 10.0. The van der Waals surface area contributed by atoms with Crippen LogP contribution in [0, 0.1) is 5.92 Å². The van der Waals surface area contributed by atoms with Gasteiger partial charge in [-0.15, -0.1) is 0 Å². The van der Waals surface area contributed by atoms with Gasteiger partial charge in [0.25, 0.3) is 0 Å². The summed E-state index contributed by atoms with van der Waals surface area (Å²) in [5, 5.41) is 2.78. The van der Waals surface area contributed by atoms with E-state index in [1.807, 2.05) is 34.6 Å². The number of carbonyl (C=O) groups is 1. The first-order valence-electron chi connectivity index (χ1n) is 5.71. The molecule has 1 aliphatic heterocycles. The normalized spacial score (nSPS) is 17.4. The van der Waals surface area contributed by atoms with Crippen LogP contribution < -0.4 is 10.8 Å². The Hall–Kier alpha value is -1.30. The van der Waals surface area contributed by atoms with E-state index in [9.17, 15) is 4.79 Å². The highest BCUT2D eigenvalue weighted by molar-refractivity contribution is 5.90. The third-order valence-corrected chi connectivity index (χ3v) is 2.11. The molecule has 1 amide bonds. The molecule has 17 heavy (non-hydrogen) atoms.